The van der Waals surface area contributed by atoms with Crippen LogP contribution in [0, 0.1) is 22.7 Å². The molecular weight excluding hydrogens is 528 g/mol. The van der Waals surface area contributed by atoms with Crippen molar-refractivity contribution >= 4 is 60.7 Å². The molecule has 4 rings (SSSR count). The first-order valence-electron chi connectivity index (χ1n) is 8.73. The molecule has 8 heteroatoms. The molecule has 2 heterocycles. The minimum Gasteiger partial charge on any atom is -0.384 e. The van der Waals surface area contributed by atoms with Crippen LogP contribution in [0.2, 0.25) is 0 Å². The van der Waals surface area contributed by atoms with Crippen LogP contribution in [0.15, 0.2) is 67.8 Å². The van der Waals surface area contributed by atoms with Crippen molar-refractivity contribution in [1.29, 1.82) is 10.5 Å². The molecule has 1 aromatic heterocycles. The minimum absolute atomic E-state index is 0.0617. The van der Waals surface area contributed by atoms with Crippen LogP contribution in [-0.4, -0.2) is 4.57 Å². The van der Waals surface area contributed by atoms with Gasteiger partial charge in [-0.15, -0.1) is 11.3 Å². The number of rotatable bonds is 2. The molecule has 0 fully saturated rings. The zero-order chi connectivity index (χ0) is 21.4. The molecule has 3 aromatic rings. The highest BCUT2D eigenvalue weighted by atomic mass is 79.9. The Balaban J connectivity index is 2.07. The van der Waals surface area contributed by atoms with E-state index >= 15 is 0 Å². The number of fused-ring (bicyclic) bond motifs is 1. The summed E-state index contributed by atoms with van der Waals surface area (Å²) in [5.41, 5.74) is 8.05. The Bertz CT molecular complexity index is 1480. The highest BCUT2D eigenvalue weighted by Crippen LogP contribution is 2.36. The lowest BCUT2D eigenvalue weighted by Gasteiger charge is -2.22. The van der Waals surface area contributed by atoms with Crippen LogP contribution < -0.4 is 20.5 Å². The van der Waals surface area contributed by atoms with Crippen molar-refractivity contribution in [2.75, 3.05) is 0 Å². The van der Waals surface area contributed by atoms with Gasteiger partial charge in [-0.25, -0.2) is 0 Å². The standard InChI is InChI=1S/C22H12Br2N4OS/c23-14-5-1-3-12(7-14)8-18-21(29)28-20(27)16(10-25)19(17(11-26)22(28)30-18)13-4-2-6-15(24)9-13/h1-9,19H,27H2/b18-8-/t19-/m1/s1. The molecule has 5 nitrogen and oxygen atoms in total. The summed E-state index contributed by atoms with van der Waals surface area (Å²) in [5, 5.41) is 19.8. The number of halogens is 2. The number of aromatic nitrogens is 1. The maximum absolute atomic E-state index is 13.1. The zero-order valence-electron chi connectivity index (χ0n) is 15.3. The Kier molecular flexibility index (Phi) is 5.48. The molecule has 0 saturated carbocycles. The van der Waals surface area contributed by atoms with E-state index in [4.69, 9.17) is 5.73 Å². The Hall–Kier alpha value is -2.91. The van der Waals surface area contributed by atoms with Crippen molar-refractivity contribution in [1.82, 2.24) is 4.57 Å². The number of hydrogen-bond acceptors (Lipinski definition) is 5. The summed E-state index contributed by atoms with van der Waals surface area (Å²) in [4.78, 5) is 13.1. The first kappa shape index (κ1) is 20.4. The molecule has 0 spiro atoms. The van der Waals surface area contributed by atoms with Crippen molar-refractivity contribution in [2.24, 2.45) is 5.73 Å². The summed E-state index contributed by atoms with van der Waals surface area (Å²) < 4.78 is 3.88. The van der Waals surface area contributed by atoms with Crippen LogP contribution in [0.5, 0.6) is 0 Å². The Morgan fingerprint density at radius 1 is 1.03 bits per heavy atom. The van der Waals surface area contributed by atoms with Gasteiger partial charge < -0.3 is 5.73 Å². The fourth-order valence-corrected chi connectivity index (χ4v) is 5.38. The Morgan fingerprint density at radius 3 is 2.33 bits per heavy atom. The van der Waals surface area contributed by atoms with Gasteiger partial charge in [0.1, 0.15) is 10.5 Å². The third-order valence-corrected chi connectivity index (χ3v) is 6.81. The van der Waals surface area contributed by atoms with Gasteiger partial charge in [0.2, 0.25) is 0 Å². The van der Waals surface area contributed by atoms with Gasteiger partial charge in [0.05, 0.1) is 33.7 Å². The third kappa shape index (κ3) is 3.44. The predicted molar refractivity (Wildman–Crippen MR) is 124 cm³/mol. The largest absolute Gasteiger partial charge is 0.384 e. The molecule has 0 radical (unpaired) electrons. The lowest BCUT2D eigenvalue weighted by molar-refractivity contribution is 0.906. The van der Waals surface area contributed by atoms with Crippen LogP contribution in [-0.2, 0) is 0 Å². The fourth-order valence-electron chi connectivity index (χ4n) is 3.42. The molecule has 30 heavy (non-hydrogen) atoms. The highest BCUT2D eigenvalue weighted by Gasteiger charge is 2.32. The average Bonchev–Trinajstić information content (AvgIpc) is 3.04. The van der Waals surface area contributed by atoms with Gasteiger partial charge in [0, 0.05) is 8.95 Å². The number of thiazole rings is 1. The van der Waals surface area contributed by atoms with Crippen molar-refractivity contribution in [2.45, 2.75) is 5.92 Å². The number of allylic oxidation sites excluding steroid dienone is 1. The van der Waals surface area contributed by atoms with E-state index in [0.717, 1.165) is 20.1 Å². The Labute approximate surface area is 192 Å². The summed E-state index contributed by atoms with van der Waals surface area (Å²) in [5.74, 6) is -0.569. The molecule has 1 atom stereocenters. The van der Waals surface area contributed by atoms with E-state index in [0.29, 0.717) is 14.8 Å². The van der Waals surface area contributed by atoms with Gasteiger partial charge in [-0.3, -0.25) is 9.36 Å². The van der Waals surface area contributed by atoms with Crippen molar-refractivity contribution in [3.63, 3.8) is 0 Å². The zero-order valence-corrected chi connectivity index (χ0v) is 19.3. The molecule has 0 amide bonds. The number of nitrogens with two attached hydrogens (primary N) is 1. The normalized spacial score (nSPS) is 16.2. The molecule has 1 aliphatic rings. The van der Waals surface area contributed by atoms with Gasteiger partial charge in [0.15, 0.2) is 0 Å². The van der Waals surface area contributed by atoms with Crippen molar-refractivity contribution < 1.29 is 0 Å². The van der Waals surface area contributed by atoms with E-state index < -0.39 is 5.92 Å². The van der Waals surface area contributed by atoms with Crippen LogP contribution in [0.1, 0.15) is 17.0 Å². The molecule has 0 aliphatic carbocycles. The van der Waals surface area contributed by atoms with Gasteiger partial charge >= 0.3 is 0 Å². The highest BCUT2D eigenvalue weighted by molar-refractivity contribution is 9.10. The van der Waals surface area contributed by atoms with Gasteiger partial charge in [0.25, 0.3) is 5.56 Å². The summed E-state index contributed by atoms with van der Waals surface area (Å²) in [6, 6.07) is 19.3. The topological polar surface area (TPSA) is 95.6 Å². The smallest absolute Gasteiger partial charge is 0.274 e. The second-order valence-electron chi connectivity index (χ2n) is 6.54. The summed E-state index contributed by atoms with van der Waals surface area (Å²) >= 11 is 8.06. The lowest BCUT2D eigenvalue weighted by atomic mass is 9.84. The summed E-state index contributed by atoms with van der Waals surface area (Å²) in [6.45, 7) is 0. The quantitative estimate of drug-likeness (QED) is 0.540. The molecular formula is C22H12Br2N4OS. The molecule has 146 valence electrons. The van der Waals surface area contributed by atoms with E-state index in [1.165, 1.54) is 15.9 Å². The second-order valence-corrected chi connectivity index (χ2v) is 9.40. The van der Waals surface area contributed by atoms with Gasteiger partial charge in [-0.05, 0) is 41.5 Å². The van der Waals surface area contributed by atoms with E-state index in [1.807, 2.05) is 48.5 Å². The molecule has 0 unspecified atom stereocenters. The molecule has 1 aliphatic heterocycles. The third-order valence-electron chi connectivity index (χ3n) is 4.72. The van der Waals surface area contributed by atoms with Gasteiger partial charge in [-0.2, -0.15) is 10.5 Å². The second kappa shape index (κ2) is 8.08. The predicted octanol–water partition coefficient (Wildman–Crippen LogP) is 3.39. The van der Waals surface area contributed by atoms with Crippen LogP contribution >= 0.6 is 43.2 Å². The maximum Gasteiger partial charge on any atom is 0.274 e. The van der Waals surface area contributed by atoms with E-state index in [2.05, 4.69) is 44.0 Å². The van der Waals surface area contributed by atoms with E-state index in [1.54, 1.807) is 6.08 Å². The number of benzene rings is 2. The van der Waals surface area contributed by atoms with Crippen molar-refractivity contribution in [3.05, 3.63) is 93.7 Å². The number of hydrogen-bond donors (Lipinski definition) is 1. The SMILES string of the molecule is N#CC1=C(N)n2c(s/c(=C\c3cccc(Br)c3)c2=O)=C(C#N)[C@@H]1c1cccc(Br)c1. The molecule has 0 saturated heterocycles. The van der Waals surface area contributed by atoms with Crippen LogP contribution in [0.3, 0.4) is 0 Å². The van der Waals surface area contributed by atoms with Gasteiger partial charge in [-0.1, -0.05) is 56.1 Å². The number of nitriles is 2. The average molecular weight is 540 g/mol. The molecule has 2 aromatic carbocycles. The maximum atomic E-state index is 13.1. The summed E-state index contributed by atoms with van der Waals surface area (Å²) in [7, 11) is 0. The monoisotopic (exact) mass is 538 g/mol. The fraction of sp³-hybridized carbons (Fsp3) is 0.0455. The minimum atomic E-state index is -0.630. The summed E-state index contributed by atoms with van der Waals surface area (Å²) in [6.07, 6.45) is 1.76. The number of nitrogens with zero attached hydrogens (tertiary/aromatic N) is 3. The van der Waals surface area contributed by atoms with Crippen LogP contribution in [0.4, 0.5) is 0 Å². The first-order chi connectivity index (χ1) is 14.4. The first-order valence-corrected chi connectivity index (χ1v) is 11.1. The van der Waals surface area contributed by atoms with E-state index in [9.17, 15) is 15.3 Å². The van der Waals surface area contributed by atoms with Crippen LogP contribution in [0.25, 0.3) is 17.5 Å². The molecule has 2 N–H and O–H groups in total. The Morgan fingerprint density at radius 2 is 1.70 bits per heavy atom. The molecule has 0 bridgehead atoms. The van der Waals surface area contributed by atoms with Crippen molar-refractivity contribution in [3.8, 4) is 12.1 Å². The van der Waals surface area contributed by atoms with E-state index in [-0.39, 0.29) is 17.0 Å². The lowest BCUT2D eigenvalue weighted by Crippen LogP contribution is -2.38.